The summed E-state index contributed by atoms with van der Waals surface area (Å²) in [5.41, 5.74) is 1.07. The van der Waals surface area contributed by atoms with E-state index in [9.17, 15) is 14.4 Å². The zero-order valence-corrected chi connectivity index (χ0v) is 21.8. The third kappa shape index (κ3) is 9.59. The Hall–Kier alpha value is -3.30. The molecular weight excluding hydrogens is 498 g/mol. The molecule has 0 saturated heterocycles. The van der Waals surface area contributed by atoms with E-state index in [-0.39, 0.29) is 30.9 Å². The van der Waals surface area contributed by atoms with Crippen LogP contribution < -0.4 is 25.4 Å². The number of halogens is 1. The lowest BCUT2D eigenvalue weighted by molar-refractivity contribution is -0.124. The summed E-state index contributed by atoms with van der Waals surface area (Å²) < 4.78 is 16.4. The fourth-order valence-electron chi connectivity index (χ4n) is 3.79. The fraction of sp³-hybridized carbons (Fsp3) is 0.444. The summed E-state index contributed by atoms with van der Waals surface area (Å²) in [4.78, 5) is 38.6. The average Bonchev–Trinajstić information content (AvgIpc) is 2.90. The second kappa shape index (κ2) is 15.1. The number of hydrogen-bond acceptors (Lipinski definition) is 6. The van der Waals surface area contributed by atoms with E-state index in [2.05, 4.69) is 16.0 Å². The van der Waals surface area contributed by atoms with E-state index in [1.807, 2.05) is 24.3 Å². The van der Waals surface area contributed by atoms with Gasteiger partial charge in [0.15, 0.2) is 0 Å². The zero-order chi connectivity index (χ0) is 26.5. The monoisotopic (exact) mass is 531 g/mol. The first-order valence-electron chi connectivity index (χ1n) is 12.4. The molecule has 3 amide bonds. The largest absolute Gasteiger partial charge is 0.493 e. The molecular formula is C27H34ClN3O6. The lowest BCUT2D eigenvalue weighted by Gasteiger charge is -2.20. The van der Waals surface area contributed by atoms with Crippen LogP contribution in [-0.2, 0) is 20.9 Å². The molecule has 0 spiro atoms. The Bertz CT molecular complexity index is 1060. The maximum Gasteiger partial charge on any atom is 0.255 e. The van der Waals surface area contributed by atoms with Crippen molar-refractivity contribution < 1.29 is 28.6 Å². The van der Waals surface area contributed by atoms with Crippen LogP contribution in [0.4, 0.5) is 0 Å². The van der Waals surface area contributed by atoms with Crippen molar-refractivity contribution in [2.24, 2.45) is 0 Å². The number of ether oxygens (including phenoxy) is 3. The smallest absolute Gasteiger partial charge is 0.255 e. The molecule has 0 radical (unpaired) electrons. The van der Waals surface area contributed by atoms with Crippen molar-refractivity contribution in [2.45, 2.75) is 44.7 Å². The Morgan fingerprint density at radius 2 is 2.00 bits per heavy atom. The zero-order valence-electron chi connectivity index (χ0n) is 21.0. The minimum atomic E-state index is -0.934. The lowest BCUT2D eigenvalue weighted by atomic mass is 10.1. The van der Waals surface area contributed by atoms with Gasteiger partial charge in [0.1, 0.15) is 24.1 Å². The number of fused-ring (bicyclic) bond motifs is 1. The van der Waals surface area contributed by atoms with Crippen molar-refractivity contribution in [1.29, 1.82) is 0 Å². The Balaban J connectivity index is 1.72. The first-order chi connectivity index (χ1) is 18.0. The predicted octanol–water partition coefficient (Wildman–Crippen LogP) is 3.24. The van der Waals surface area contributed by atoms with Gasteiger partial charge in [0.2, 0.25) is 11.8 Å². The second-order valence-corrected chi connectivity index (χ2v) is 9.11. The highest BCUT2D eigenvalue weighted by atomic mass is 35.5. The van der Waals surface area contributed by atoms with Crippen LogP contribution in [0, 0.1) is 0 Å². The molecule has 9 nitrogen and oxygen atoms in total. The lowest BCUT2D eigenvalue weighted by Crippen LogP contribution is -2.47. The molecule has 37 heavy (non-hydrogen) atoms. The van der Waals surface area contributed by atoms with Gasteiger partial charge >= 0.3 is 0 Å². The minimum absolute atomic E-state index is 0.0973. The molecule has 2 aromatic rings. The summed E-state index contributed by atoms with van der Waals surface area (Å²) in [5.74, 6) is -0.00347. The van der Waals surface area contributed by atoms with Crippen LogP contribution in [0.2, 0.25) is 5.02 Å². The Kier molecular flexibility index (Phi) is 11.5. The molecule has 1 aliphatic heterocycles. The molecule has 0 saturated carbocycles. The molecule has 3 rings (SSSR count). The molecule has 0 fully saturated rings. The quantitative estimate of drug-likeness (QED) is 0.472. The standard InChI is InChI=1S/C27H34ClN3O6/c1-35-14-15-36-21-7-5-6-19(16-21)18-30-27(34)23-9-11-25(32)29-12-3-2-4-13-37-24-10-8-20(28)17-22(24)26(33)31-23/h5-8,10,16-17,23H,2-4,9,11-15,18H2,1H3,(H,29,32)(H,30,34)(H,31,33)/t23-/m0/s1. The van der Waals surface area contributed by atoms with Crippen molar-refractivity contribution in [2.75, 3.05) is 33.5 Å². The van der Waals surface area contributed by atoms with Gasteiger partial charge in [-0.25, -0.2) is 0 Å². The Morgan fingerprint density at radius 3 is 2.84 bits per heavy atom. The van der Waals surface area contributed by atoms with Gasteiger partial charge in [0.25, 0.3) is 5.91 Å². The SMILES string of the molecule is COCCOc1cccc(CNC(=O)[C@@H]2CCC(=O)NCCCCCOc3ccc(Cl)cc3C(=O)N2)c1. The molecule has 3 N–H and O–H groups in total. The first-order valence-corrected chi connectivity index (χ1v) is 12.8. The number of hydrogen-bond donors (Lipinski definition) is 3. The fourth-order valence-corrected chi connectivity index (χ4v) is 3.96. The first kappa shape index (κ1) is 28.3. The van der Waals surface area contributed by atoms with Gasteiger partial charge in [0, 0.05) is 31.6 Å². The number of carbonyl (C=O) groups excluding carboxylic acids is 3. The molecule has 1 heterocycles. The summed E-state index contributed by atoms with van der Waals surface area (Å²) in [6.07, 6.45) is 2.71. The van der Waals surface area contributed by atoms with Crippen molar-refractivity contribution in [3.63, 3.8) is 0 Å². The molecule has 1 atom stereocenters. The molecule has 0 aromatic heterocycles. The normalized spacial score (nSPS) is 17.2. The molecule has 0 bridgehead atoms. The van der Waals surface area contributed by atoms with Gasteiger partial charge in [-0.2, -0.15) is 0 Å². The number of carbonyl (C=O) groups is 3. The number of amides is 3. The molecule has 200 valence electrons. The van der Waals surface area contributed by atoms with E-state index < -0.39 is 17.9 Å². The average molecular weight is 532 g/mol. The highest BCUT2D eigenvalue weighted by Crippen LogP contribution is 2.24. The molecule has 2 aromatic carbocycles. The summed E-state index contributed by atoms with van der Waals surface area (Å²) in [6.45, 7) is 2.09. The highest BCUT2D eigenvalue weighted by Gasteiger charge is 2.24. The minimum Gasteiger partial charge on any atom is -0.493 e. The Labute approximate surface area is 222 Å². The van der Waals surface area contributed by atoms with Gasteiger partial charge in [-0.1, -0.05) is 23.7 Å². The summed E-state index contributed by atoms with van der Waals surface area (Å²) in [5, 5.41) is 8.87. The topological polar surface area (TPSA) is 115 Å². The summed E-state index contributed by atoms with van der Waals surface area (Å²) in [7, 11) is 1.60. The summed E-state index contributed by atoms with van der Waals surface area (Å²) in [6, 6.07) is 11.2. The third-order valence-corrected chi connectivity index (χ3v) is 6.03. The van der Waals surface area contributed by atoms with Crippen LogP contribution in [0.1, 0.15) is 48.0 Å². The molecule has 10 heteroatoms. The van der Waals surface area contributed by atoms with Crippen LogP contribution in [0.5, 0.6) is 11.5 Å². The van der Waals surface area contributed by atoms with Gasteiger partial charge in [-0.15, -0.1) is 0 Å². The van der Waals surface area contributed by atoms with E-state index in [1.165, 1.54) is 6.07 Å². The Morgan fingerprint density at radius 1 is 1.14 bits per heavy atom. The van der Waals surface area contributed by atoms with E-state index in [4.69, 9.17) is 25.8 Å². The van der Waals surface area contributed by atoms with Crippen molar-refractivity contribution >= 4 is 29.3 Å². The van der Waals surface area contributed by atoms with Crippen molar-refractivity contribution in [3.05, 3.63) is 58.6 Å². The predicted molar refractivity (Wildman–Crippen MR) is 140 cm³/mol. The van der Waals surface area contributed by atoms with Gasteiger partial charge in [0.05, 0.1) is 18.8 Å². The molecule has 1 aliphatic rings. The number of benzene rings is 2. The van der Waals surface area contributed by atoms with E-state index in [1.54, 1.807) is 19.2 Å². The van der Waals surface area contributed by atoms with Gasteiger partial charge < -0.3 is 30.2 Å². The van der Waals surface area contributed by atoms with E-state index in [0.717, 1.165) is 24.8 Å². The second-order valence-electron chi connectivity index (χ2n) is 8.67. The van der Waals surface area contributed by atoms with Crippen LogP contribution in [0.3, 0.4) is 0 Å². The maximum atomic E-state index is 13.2. The third-order valence-electron chi connectivity index (χ3n) is 5.79. The van der Waals surface area contributed by atoms with Gasteiger partial charge in [-0.05, 0) is 61.6 Å². The van der Waals surface area contributed by atoms with Crippen LogP contribution in [0.15, 0.2) is 42.5 Å². The summed E-state index contributed by atoms with van der Waals surface area (Å²) >= 11 is 6.14. The van der Waals surface area contributed by atoms with E-state index >= 15 is 0 Å². The van der Waals surface area contributed by atoms with Crippen LogP contribution in [0.25, 0.3) is 0 Å². The van der Waals surface area contributed by atoms with Gasteiger partial charge in [-0.3, -0.25) is 14.4 Å². The van der Waals surface area contributed by atoms with Crippen LogP contribution >= 0.6 is 11.6 Å². The van der Waals surface area contributed by atoms with Crippen molar-refractivity contribution in [3.8, 4) is 11.5 Å². The highest BCUT2D eigenvalue weighted by molar-refractivity contribution is 6.31. The van der Waals surface area contributed by atoms with Crippen molar-refractivity contribution in [1.82, 2.24) is 16.0 Å². The molecule has 0 unspecified atom stereocenters. The number of rotatable bonds is 7. The van der Waals surface area contributed by atoms with Crippen LogP contribution in [-0.4, -0.2) is 57.2 Å². The van der Waals surface area contributed by atoms with E-state index in [0.29, 0.717) is 42.9 Å². The molecule has 0 aliphatic carbocycles. The number of nitrogens with one attached hydrogen (secondary N) is 3. The number of methoxy groups -OCH3 is 1. The maximum absolute atomic E-state index is 13.2.